The van der Waals surface area contributed by atoms with Gasteiger partial charge >= 0.3 is 0 Å². The molecule has 0 atom stereocenters. The number of carbonyl (C=O) groups is 2. The molecule has 2 amide bonds. The Morgan fingerprint density at radius 3 is 2.61 bits per heavy atom. The number of amides is 2. The molecule has 2 N–H and O–H groups in total. The fourth-order valence-corrected chi connectivity index (χ4v) is 3.20. The van der Waals surface area contributed by atoms with E-state index in [-0.39, 0.29) is 21.8 Å². The number of hydrogen-bond acceptors (Lipinski definition) is 3. The van der Waals surface area contributed by atoms with Gasteiger partial charge in [0.1, 0.15) is 11.6 Å². The van der Waals surface area contributed by atoms with Crippen LogP contribution in [0, 0.1) is 5.82 Å². The van der Waals surface area contributed by atoms with Gasteiger partial charge in [-0.2, -0.15) is 0 Å². The molecule has 1 aliphatic rings. The van der Waals surface area contributed by atoms with Crippen molar-refractivity contribution < 1.29 is 18.7 Å². The van der Waals surface area contributed by atoms with E-state index >= 15 is 0 Å². The van der Waals surface area contributed by atoms with E-state index in [0.29, 0.717) is 22.2 Å². The van der Waals surface area contributed by atoms with Gasteiger partial charge in [0.2, 0.25) is 0 Å². The molecular weight excluding hydrogens is 406 g/mol. The Kier molecular flexibility index (Phi) is 4.66. The van der Waals surface area contributed by atoms with Crippen LogP contribution in [0.3, 0.4) is 0 Å². The minimum Gasteiger partial charge on any atom is -0.454 e. The topological polar surface area (TPSA) is 67.4 Å². The van der Waals surface area contributed by atoms with Crippen molar-refractivity contribution in [3.05, 3.63) is 81.6 Å². The summed E-state index contributed by atoms with van der Waals surface area (Å²) in [5.41, 5.74) is 0.634. The van der Waals surface area contributed by atoms with E-state index in [1.165, 1.54) is 24.3 Å². The summed E-state index contributed by atoms with van der Waals surface area (Å²) >= 11 is 11.9. The summed E-state index contributed by atoms with van der Waals surface area (Å²) in [7, 11) is 0. The van der Waals surface area contributed by atoms with Crippen LogP contribution < -0.4 is 15.4 Å². The van der Waals surface area contributed by atoms with Crippen LogP contribution in [0.2, 0.25) is 10.0 Å². The maximum atomic E-state index is 13.9. The monoisotopic (exact) mass is 416 g/mol. The number of rotatable bonds is 2. The number of hydrogen-bond donors (Lipinski definition) is 2. The molecule has 0 aliphatic carbocycles. The van der Waals surface area contributed by atoms with Gasteiger partial charge in [0.15, 0.2) is 5.75 Å². The standard InChI is InChI=1S/C20H11Cl2FN2O3/c21-10-4-6-17-15(8-10)25-19(26)12-9-11(5-7-16(12)28-17)24-20(27)18-13(22)2-1-3-14(18)23/h1-9H,(H,24,27)(H,25,26). The first-order valence-corrected chi connectivity index (χ1v) is 8.86. The predicted molar refractivity (Wildman–Crippen MR) is 105 cm³/mol. The lowest BCUT2D eigenvalue weighted by Crippen LogP contribution is -2.16. The molecule has 0 bridgehead atoms. The molecule has 0 radical (unpaired) electrons. The van der Waals surface area contributed by atoms with Crippen molar-refractivity contribution >= 4 is 46.4 Å². The van der Waals surface area contributed by atoms with Crippen LogP contribution in [-0.4, -0.2) is 11.8 Å². The summed E-state index contributed by atoms with van der Waals surface area (Å²) in [5, 5.41) is 5.68. The van der Waals surface area contributed by atoms with Gasteiger partial charge in [-0.25, -0.2) is 4.39 Å². The Morgan fingerprint density at radius 1 is 1.04 bits per heavy atom. The summed E-state index contributed by atoms with van der Waals surface area (Å²) in [5.74, 6) is -1.16. The van der Waals surface area contributed by atoms with Crippen molar-refractivity contribution in [3.63, 3.8) is 0 Å². The van der Waals surface area contributed by atoms with Gasteiger partial charge in [-0.3, -0.25) is 9.59 Å². The van der Waals surface area contributed by atoms with Gasteiger partial charge in [0.05, 0.1) is 21.8 Å². The zero-order valence-corrected chi connectivity index (χ0v) is 15.6. The van der Waals surface area contributed by atoms with E-state index in [2.05, 4.69) is 10.6 Å². The van der Waals surface area contributed by atoms with Crippen molar-refractivity contribution in [1.29, 1.82) is 0 Å². The number of carbonyl (C=O) groups excluding carboxylic acids is 2. The molecule has 1 heterocycles. The molecule has 3 aromatic rings. The van der Waals surface area contributed by atoms with Gasteiger partial charge in [-0.1, -0.05) is 29.3 Å². The third-order valence-corrected chi connectivity index (χ3v) is 4.63. The third kappa shape index (κ3) is 3.40. The Balaban J connectivity index is 1.65. The SMILES string of the molecule is O=C1Nc2cc(Cl)ccc2Oc2ccc(NC(=O)c3c(F)cccc3Cl)cc21. The number of benzene rings is 3. The van der Waals surface area contributed by atoms with E-state index in [1.807, 2.05) is 0 Å². The van der Waals surface area contributed by atoms with Crippen LogP contribution in [0.1, 0.15) is 20.7 Å². The molecule has 0 spiro atoms. The average Bonchev–Trinajstić information content (AvgIpc) is 2.77. The second-order valence-corrected chi connectivity index (χ2v) is 6.80. The lowest BCUT2D eigenvalue weighted by atomic mass is 10.1. The van der Waals surface area contributed by atoms with Gasteiger partial charge < -0.3 is 15.4 Å². The molecule has 28 heavy (non-hydrogen) atoms. The highest BCUT2D eigenvalue weighted by Crippen LogP contribution is 2.38. The highest BCUT2D eigenvalue weighted by molar-refractivity contribution is 6.34. The highest BCUT2D eigenvalue weighted by atomic mass is 35.5. The lowest BCUT2D eigenvalue weighted by Gasteiger charge is -2.11. The molecule has 0 unspecified atom stereocenters. The molecule has 4 rings (SSSR count). The number of ether oxygens (including phenoxy) is 1. The van der Waals surface area contributed by atoms with Crippen molar-refractivity contribution in [2.45, 2.75) is 0 Å². The summed E-state index contributed by atoms with van der Waals surface area (Å²) < 4.78 is 19.7. The highest BCUT2D eigenvalue weighted by Gasteiger charge is 2.22. The number of nitrogens with one attached hydrogen (secondary N) is 2. The second kappa shape index (κ2) is 7.14. The van der Waals surface area contributed by atoms with Crippen LogP contribution in [0.4, 0.5) is 15.8 Å². The molecule has 5 nitrogen and oxygen atoms in total. The zero-order valence-electron chi connectivity index (χ0n) is 14.1. The smallest absolute Gasteiger partial charge is 0.260 e. The second-order valence-electron chi connectivity index (χ2n) is 5.96. The van der Waals surface area contributed by atoms with E-state index in [0.717, 1.165) is 6.07 Å². The van der Waals surface area contributed by atoms with Crippen LogP contribution in [-0.2, 0) is 0 Å². The zero-order chi connectivity index (χ0) is 19.8. The minimum absolute atomic E-state index is 0.0133. The maximum absolute atomic E-state index is 13.9. The molecule has 8 heteroatoms. The third-order valence-electron chi connectivity index (χ3n) is 4.08. The van der Waals surface area contributed by atoms with Crippen LogP contribution in [0.15, 0.2) is 54.6 Å². The number of anilines is 2. The molecule has 0 fully saturated rings. The van der Waals surface area contributed by atoms with E-state index in [4.69, 9.17) is 27.9 Å². The van der Waals surface area contributed by atoms with Gasteiger partial charge in [-0.15, -0.1) is 0 Å². The Hall–Kier alpha value is -3.09. The predicted octanol–water partition coefficient (Wildman–Crippen LogP) is 5.74. The van der Waals surface area contributed by atoms with Crippen molar-refractivity contribution in [1.82, 2.24) is 0 Å². The van der Waals surface area contributed by atoms with Gasteiger partial charge in [0, 0.05) is 10.7 Å². The average molecular weight is 417 g/mol. The summed E-state index contributed by atoms with van der Waals surface area (Å²) in [6, 6.07) is 13.3. The Labute approximate surface area is 169 Å². The first-order valence-electron chi connectivity index (χ1n) is 8.10. The summed E-state index contributed by atoms with van der Waals surface area (Å²) in [4.78, 5) is 25.0. The lowest BCUT2D eigenvalue weighted by molar-refractivity contribution is 0.101. The summed E-state index contributed by atoms with van der Waals surface area (Å²) in [6.07, 6.45) is 0. The first-order chi connectivity index (χ1) is 13.4. The van der Waals surface area contributed by atoms with Crippen molar-refractivity contribution in [2.24, 2.45) is 0 Å². The number of halogens is 3. The first kappa shape index (κ1) is 18.3. The molecule has 140 valence electrons. The van der Waals surface area contributed by atoms with Crippen LogP contribution in [0.25, 0.3) is 0 Å². The van der Waals surface area contributed by atoms with E-state index in [9.17, 15) is 14.0 Å². The van der Waals surface area contributed by atoms with Gasteiger partial charge in [0.25, 0.3) is 11.8 Å². The van der Waals surface area contributed by atoms with E-state index in [1.54, 1.807) is 24.3 Å². The fraction of sp³-hybridized carbons (Fsp3) is 0. The molecule has 1 aliphatic heterocycles. The van der Waals surface area contributed by atoms with Crippen molar-refractivity contribution in [3.8, 4) is 11.5 Å². The van der Waals surface area contributed by atoms with Crippen molar-refractivity contribution in [2.75, 3.05) is 10.6 Å². The Bertz CT molecular complexity index is 1110. The van der Waals surface area contributed by atoms with Gasteiger partial charge in [-0.05, 0) is 48.5 Å². The quantitative estimate of drug-likeness (QED) is 0.559. The molecular formula is C20H11Cl2FN2O3. The van der Waals surface area contributed by atoms with Crippen LogP contribution >= 0.6 is 23.2 Å². The van der Waals surface area contributed by atoms with E-state index < -0.39 is 17.6 Å². The summed E-state index contributed by atoms with van der Waals surface area (Å²) in [6.45, 7) is 0. The molecule has 0 saturated heterocycles. The largest absolute Gasteiger partial charge is 0.454 e. The van der Waals surface area contributed by atoms with Crippen LogP contribution in [0.5, 0.6) is 11.5 Å². The molecule has 0 aromatic heterocycles. The normalized spacial score (nSPS) is 12.2. The Morgan fingerprint density at radius 2 is 1.82 bits per heavy atom. The molecule has 0 saturated carbocycles. The fourth-order valence-electron chi connectivity index (χ4n) is 2.78. The maximum Gasteiger partial charge on any atom is 0.260 e. The minimum atomic E-state index is -0.742. The number of fused-ring (bicyclic) bond motifs is 2. The molecule has 3 aromatic carbocycles.